The third-order valence-corrected chi connectivity index (χ3v) is 5.01. The molecule has 1 aromatic carbocycles. The predicted octanol–water partition coefficient (Wildman–Crippen LogP) is 2.24. The molecule has 27 heavy (non-hydrogen) atoms. The van der Waals surface area contributed by atoms with E-state index in [1.54, 1.807) is 17.0 Å². The Morgan fingerprint density at radius 2 is 2.11 bits per heavy atom. The maximum Gasteiger partial charge on any atom is 0.194 e. The number of ether oxygens (including phenoxy) is 2. The zero-order valence-electron chi connectivity index (χ0n) is 16.6. The van der Waals surface area contributed by atoms with Crippen LogP contribution in [0.25, 0.3) is 0 Å². The van der Waals surface area contributed by atoms with E-state index in [9.17, 15) is 4.39 Å². The van der Waals surface area contributed by atoms with Crippen LogP contribution in [0.15, 0.2) is 23.2 Å². The Bertz CT molecular complexity index is 647. The van der Waals surface area contributed by atoms with Crippen molar-refractivity contribution in [3.63, 3.8) is 0 Å². The Kier molecular flexibility index (Phi) is 6.90. The van der Waals surface area contributed by atoms with Crippen LogP contribution in [0.1, 0.15) is 25.3 Å². The van der Waals surface area contributed by atoms with Gasteiger partial charge < -0.3 is 24.6 Å². The molecule has 2 atom stereocenters. The first kappa shape index (κ1) is 19.9. The summed E-state index contributed by atoms with van der Waals surface area (Å²) < 4.78 is 25.9. The van der Waals surface area contributed by atoms with Crippen molar-refractivity contribution in [2.75, 3.05) is 51.8 Å². The first-order chi connectivity index (χ1) is 13.1. The number of anilines is 1. The normalized spacial score (nSPS) is 23.6. The number of rotatable bonds is 5. The van der Waals surface area contributed by atoms with E-state index < -0.39 is 0 Å². The lowest BCUT2D eigenvalue weighted by Gasteiger charge is -2.37. The number of halogens is 1. The summed E-state index contributed by atoms with van der Waals surface area (Å²) in [4.78, 5) is 8.73. The van der Waals surface area contributed by atoms with Gasteiger partial charge in [0, 0.05) is 40.3 Å². The lowest BCUT2D eigenvalue weighted by molar-refractivity contribution is -0.0817. The van der Waals surface area contributed by atoms with E-state index in [2.05, 4.69) is 17.1 Å². The smallest absolute Gasteiger partial charge is 0.194 e. The highest BCUT2D eigenvalue weighted by molar-refractivity contribution is 5.80. The number of nitrogens with zero attached hydrogens (tertiary/aromatic N) is 3. The van der Waals surface area contributed by atoms with Crippen molar-refractivity contribution < 1.29 is 13.9 Å². The molecular formula is C20H31FN4O2. The van der Waals surface area contributed by atoms with E-state index in [1.165, 1.54) is 0 Å². The number of hydrogen-bond acceptors (Lipinski definition) is 4. The standard InChI is InChI=1S/C20H31FN4O2/c1-4-22-20(23-13-15-7-8-17(24(2)3)16(21)12-15)25-9-11-27-19(14-25)18-6-5-10-26-18/h7-8,12,18-19H,4-6,9-11,13-14H2,1-3H3,(H,22,23). The summed E-state index contributed by atoms with van der Waals surface area (Å²) in [5.41, 5.74) is 1.44. The van der Waals surface area contributed by atoms with E-state index in [-0.39, 0.29) is 18.0 Å². The monoisotopic (exact) mass is 378 g/mol. The largest absolute Gasteiger partial charge is 0.375 e. The first-order valence-electron chi connectivity index (χ1n) is 9.80. The fourth-order valence-electron chi connectivity index (χ4n) is 3.59. The average molecular weight is 378 g/mol. The fourth-order valence-corrected chi connectivity index (χ4v) is 3.59. The van der Waals surface area contributed by atoms with Crippen LogP contribution in [0.3, 0.4) is 0 Å². The minimum atomic E-state index is -0.220. The van der Waals surface area contributed by atoms with E-state index in [0.717, 1.165) is 50.6 Å². The van der Waals surface area contributed by atoms with Gasteiger partial charge in [0.25, 0.3) is 0 Å². The maximum absolute atomic E-state index is 14.2. The van der Waals surface area contributed by atoms with Gasteiger partial charge in [0.05, 0.1) is 24.9 Å². The molecule has 1 N–H and O–H groups in total. The summed E-state index contributed by atoms with van der Waals surface area (Å²) >= 11 is 0. The second-order valence-electron chi connectivity index (χ2n) is 7.26. The number of benzene rings is 1. The molecule has 7 heteroatoms. The fraction of sp³-hybridized carbons (Fsp3) is 0.650. The van der Waals surface area contributed by atoms with Gasteiger partial charge in [-0.1, -0.05) is 6.07 Å². The second kappa shape index (κ2) is 9.37. The predicted molar refractivity (Wildman–Crippen MR) is 106 cm³/mol. The molecule has 2 aliphatic rings. The highest BCUT2D eigenvalue weighted by Crippen LogP contribution is 2.22. The number of nitrogens with one attached hydrogen (secondary N) is 1. The van der Waals surface area contributed by atoms with Gasteiger partial charge in [0.2, 0.25) is 0 Å². The minimum Gasteiger partial charge on any atom is -0.375 e. The maximum atomic E-state index is 14.2. The van der Waals surface area contributed by atoms with Gasteiger partial charge in [-0.25, -0.2) is 9.38 Å². The topological polar surface area (TPSA) is 49.3 Å². The van der Waals surface area contributed by atoms with Crippen LogP contribution in [0, 0.1) is 5.82 Å². The van der Waals surface area contributed by atoms with Crippen molar-refractivity contribution in [1.82, 2.24) is 10.2 Å². The van der Waals surface area contributed by atoms with Crippen molar-refractivity contribution in [3.8, 4) is 0 Å². The van der Waals surface area contributed by atoms with Gasteiger partial charge in [-0.05, 0) is 37.5 Å². The van der Waals surface area contributed by atoms with Gasteiger partial charge in [-0.3, -0.25) is 0 Å². The Hall–Kier alpha value is -1.86. The molecule has 1 aromatic rings. The van der Waals surface area contributed by atoms with Gasteiger partial charge >= 0.3 is 0 Å². The molecule has 2 fully saturated rings. The molecule has 2 unspecified atom stereocenters. The van der Waals surface area contributed by atoms with E-state index >= 15 is 0 Å². The zero-order valence-corrected chi connectivity index (χ0v) is 16.6. The lowest BCUT2D eigenvalue weighted by atomic mass is 10.1. The highest BCUT2D eigenvalue weighted by Gasteiger charge is 2.32. The van der Waals surface area contributed by atoms with Crippen molar-refractivity contribution in [2.45, 2.75) is 38.5 Å². The molecule has 2 saturated heterocycles. The lowest BCUT2D eigenvalue weighted by Crippen LogP contribution is -2.53. The number of guanidine groups is 1. The van der Waals surface area contributed by atoms with Gasteiger partial charge in [0.1, 0.15) is 11.9 Å². The molecular weight excluding hydrogens is 347 g/mol. The molecule has 3 rings (SSSR count). The Labute approximate surface area is 161 Å². The molecule has 6 nitrogen and oxygen atoms in total. The van der Waals surface area contributed by atoms with Crippen molar-refractivity contribution in [1.29, 1.82) is 0 Å². The Morgan fingerprint density at radius 3 is 2.78 bits per heavy atom. The van der Waals surface area contributed by atoms with E-state index in [4.69, 9.17) is 14.5 Å². The molecule has 0 amide bonds. The quantitative estimate of drug-likeness (QED) is 0.629. The average Bonchev–Trinajstić information content (AvgIpc) is 3.20. The minimum absolute atomic E-state index is 0.0851. The van der Waals surface area contributed by atoms with Crippen molar-refractivity contribution in [3.05, 3.63) is 29.6 Å². The number of hydrogen-bond donors (Lipinski definition) is 1. The van der Waals surface area contributed by atoms with Crippen LogP contribution in [-0.2, 0) is 16.0 Å². The molecule has 0 aromatic heterocycles. The molecule has 0 bridgehead atoms. The van der Waals surface area contributed by atoms with E-state index in [0.29, 0.717) is 18.8 Å². The molecule has 2 heterocycles. The summed E-state index contributed by atoms with van der Waals surface area (Å²) in [5, 5.41) is 3.36. The highest BCUT2D eigenvalue weighted by atomic mass is 19.1. The molecule has 0 radical (unpaired) electrons. The molecule has 2 aliphatic heterocycles. The zero-order chi connectivity index (χ0) is 19.2. The van der Waals surface area contributed by atoms with Crippen LogP contribution in [0.2, 0.25) is 0 Å². The molecule has 0 spiro atoms. The van der Waals surface area contributed by atoms with Crippen LogP contribution < -0.4 is 10.2 Å². The second-order valence-corrected chi connectivity index (χ2v) is 7.26. The SMILES string of the molecule is CCNC(=NCc1ccc(N(C)C)c(F)c1)N1CCOC(C2CCCO2)C1. The summed E-state index contributed by atoms with van der Waals surface area (Å²) in [7, 11) is 3.67. The van der Waals surface area contributed by atoms with Gasteiger partial charge in [-0.2, -0.15) is 0 Å². The van der Waals surface area contributed by atoms with Crippen LogP contribution in [-0.4, -0.2) is 70.0 Å². The Morgan fingerprint density at radius 1 is 1.30 bits per heavy atom. The first-order valence-corrected chi connectivity index (χ1v) is 9.80. The third kappa shape index (κ3) is 5.11. The summed E-state index contributed by atoms with van der Waals surface area (Å²) in [6.07, 6.45) is 2.43. The molecule has 0 aliphatic carbocycles. The summed E-state index contributed by atoms with van der Waals surface area (Å²) in [5.74, 6) is 0.628. The van der Waals surface area contributed by atoms with Gasteiger partial charge in [-0.15, -0.1) is 0 Å². The third-order valence-electron chi connectivity index (χ3n) is 5.01. The molecule has 0 saturated carbocycles. The van der Waals surface area contributed by atoms with Crippen LogP contribution in [0.4, 0.5) is 10.1 Å². The number of aliphatic imine (C=N–C) groups is 1. The van der Waals surface area contributed by atoms with Crippen LogP contribution >= 0.6 is 0 Å². The summed E-state index contributed by atoms with van der Waals surface area (Å²) in [6, 6.07) is 5.30. The number of morpholine rings is 1. The molecule has 150 valence electrons. The Balaban J connectivity index is 1.67. The summed E-state index contributed by atoms with van der Waals surface area (Å²) in [6.45, 7) is 6.34. The van der Waals surface area contributed by atoms with Crippen molar-refractivity contribution >= 4 is 11.6 Å². The van der Waals surface area contributed by atoms with E-state index in [1.807, 2.05) is 20.2 Å². The van der Waals surface area contributed by atoms with Crippen molar-refractivity contribution in [2.24, 2.45) is 4.99 Å². The van der Waals surface area contributed by atoms with Gasteiger partial charge in [0.15, 0.2) is 5.96 Å². The van der Waals surface area contributed by atoms with Crippen LogP contribution in [0.5, 0.6) is 0 Å².